The van der Waals surface area contributed by atoms with Gasteiger partial charge in [-0.1, -0.05) is 41.5 Å². The molecular weight excluding hydrogens is 805 g/mol. The second kappa shape index (κ2) is 19.3. The summed E-state index contributed by atoms with van der Waals surface area (Å²) in [4.78, 5) is 17.0. The Morgan fingerprint density at radius 2 is 1.44 bits per heavy atom. The highest BCUT2D eigenvalue weighted by molar-refractivity contribution is 5.72. The van der Waals surface area contributed by atoms with Gasteiger partial charge in [-0.3, -0.25) is 0 Å². The Labute approximate surface area is 370 Å². The van der Waals surface area contributed by atoms with Crippen LogP contribution in [0.15, 0.2) is 0 Å². The zero-order valence-electron chi connectivity index (χ0n) is 39.7. The molecule has 7 rings (SSSR count). The van der Waals surface area contributed by atoms with Crippen LogP contribution in [0.25, 0.3) is 0 Å². The van der Waals surface area contributed by atoms with Crippen LogP contribution in [0.2, 0.25) is 0 Å². The topological polar surface area (TPSA) is 168 Å². The van der Waals surface area contributed by atoms with Crippen LogP contribution in [0.5, 0.6) is 0 Å². The third-order valence-corrected chi connectivity index (χ3v) is 16.9. The summed E-state index contributed by atoms with van der Waals surface area (Å²) >= 11 is 0. The average Bonchev–Trinajstić information content (AvgIpc) is 3.98. The van der Waals surface area contributed by atoms with Gasteiger partial charge >= 0.3 is 5.97 Å². The number of hydrogen-bond acceptors (Lipinski definition) is 15. The molecule has 62 heavy (non-hydrogen) atoms. The van der Waals surface area contributed by atoms with Crippen LogP contribution < -0.4 is 0 Å². The maximum Gasteiger partial charge on any atom is 0.347 e. The van der Waals surface area contributed by atoms with E-state index in [4.69, 9.17) is 52.1 Å². The lowest BCUT2D eigenvalue weighted by Gasteiger charge is -2.52. The van der Waals surface area contributed by atoms with Gasteiger partial charge in [0.15, 0.2) is 17.9 Å². The van der Waals surface area contributed by atoms with Gasteiger partial charge in [0.2, 0.25) is 0 Å². The van der Waals surface area contributed by atoms with Crippen molar-refractivity contribution in [3.63, 3.8) is 0 Å². The highest BCUT2D eigenvalue weighted by Gasteiger charge is 2.69. The summed E-state index contributed by atoms with van der Waals surface area (Å²) in [5, 5.41) is 20.4. The van der Waals surface area contributed by atoms with E-state index in [-0.39, 0.29) is 109 Å². The summed E-state index contributed by atoms with van der Waals surface area (Å²) in [5.41, 5.74) is -0.849. The highest BCUT2D eigenvalue weighted by atomic mass is 17.1. The molecule has 7 heterocycles. The van der Waals surface area contributed by atoms with Crippen LogP contribution in [0, 0.1) is 41.4 Å². The van der Waals surface area contributed by atoms with Gasteiger partial charge in [-0.05, 0) is 72.1 Å². The van der Waals surface area contributed by atoms with Crippen molar-refractivity contribution in [3.8, 4) is 0 Å². The minimum atomic E-state index is -1.17. The Bertz CT molecular complexity index is 1500. The fourth-order valence-corrected chi connectivity index (χ4v) is 12.9. The first-order valence-electron chi connectivity index (χ1n) is 23.8. The predicted octanol–water partition coefficient (Wildman–Crippen LogP) is 6.43. The van der Waals surface area contributed by atoms with E-state index < -0.39 is 41.5 Å². The molecule has 24 atom stereocenters. The fraction of sp³-hybridized carbons (Fsp3) is 0.979. The van der Waals surface area contributed by atoms with Crippen molar-refractivity contribution < 1.29 is 72.2 Å². The number of carbonyl (C=O) groups excluding carboxylic acids is 1. The Kier molecular flexibility index (Phi) is 15.2. The lowest BCUT2D eigenvalue weighted by molar-refractivity contribution is -0.353. The van der Waals surface area contributed by atoms with Crippen LogP contribution in [0.1, 0.15) is 127 Å². The molecule has 0 radical (unpaired) electrons. The average molecular weight is 885 g/mol. The summed E-state index contributed by atoms with van der Waals surface area (Å²) in [6.45, 7) is 20.2. The van der Waals surface area contributed by atoms with Gasteiger partial charge in [-0.2, -0.15) is 5.26 Å². The van der Waals surface area contributed by atoms with Gasteiger partial charge in [-0.15, -0.1) is 0 Å². The maximum absolute atomic E-state index is 12.8. The van der Waals surface area contributed by atoms with E-state index in [1.807, 2.05) is 20.8 Å². The molecule has 7 aliphatic rings. The number of carbonyl (C=O) groups is 1. The van der Waals surface area contributed by atoms with Gasteiger partial charge in [0, 0.05) is 70.2 Å². The molecule has 0 amide bonds. The molecule has 7 fully saturated rings. The molecule has 0 saturated carbocycles. The smallest absolute Gasteiger partial charge is 0.347 e. The van der Waals surface area contributed by atoms with E-state index in [1.54, 1.807) is 35.2 Å². The van der Waals surface area contributed by atoms with Gasteiger partial charge in [-0.25, -0.2) is 4.79 Å². The quantitative estimate of drug-likeness (QED) is 0.162. The van der Waals surface area contributed by atoms with E-state index in [9.17, 15) is 15.2 Å². The molecule has 0 aromatic heterocycles. The Morgan fingerprint density at radius 1 is 0.758 bits per heavy atom. The lowest BCUT2D eigenvalue weighted by Crippen LogP contribution is -2.59. The molecule has 0 aromatic carbocycles. The first-order chi connectivity index (χ1) is 29.3. The van der Waals surface area contributed by atoms with Crippen molar-refractivity contribution in [3.05, 3.63) is 0 Å². The zero-order valence-corrected chi connectivity index (χ0v) is 39.7. The SMILES string of the molecule is CO[C@H]1CC[C@@H](O[C@H]2[C@@H](C)[C@@H]([C@@H](C)C(=O)OO)O[C@@H](C[C@@H]3C[C@@H](OC)[C@@H](C)C4(O3)O[C@](C)(C3CCC([C@H]5CC[C@H](C6O[C@](C)(O)[C@H](C)C[C@@H]6C)O5)O3)[C@H](OC)[C@H]4C)[C@H]2C)O[C@@H]1C. The second-order valence-corrected chi connectivity index (χ2v) is 20.8. The molecule has 0 aromatic rings. The first-order valence-corrected chi connectivity index (χ1v) is 23.8. The van der Waals surface area contributed by atoms with E-state index >= 15 is 0 Å². The second-order valence-electron chi connectivity index (χ2n) is 20.8. The summed E-state index contributed by atoms with van der Waals surface area (Å²) in [7, 11) is 5.18. The Morgan fingerprint density at radius 3 is 2.10 bits per heavy atom. The molecule has 4 unspecified atom stereocenters. The van der Waals surface area contributed by atoms with Crippen LogP contribution >= 0.6 is 0 Å². The minimum Gasteiger partial charge on any atom is -0.381 e. The van der Waals surface area contributed by atoms with Gasteiger partial charge < -0.3 is 62.1 Å². The fourth-order valence-electron chi connectivity index (χ4n) is 12.9. The van der Waals surface area contributed by atoms with Crippen LogP contribution in [-0.2, 0) is 61.8 Å². The standard InChI is InChI=1S/C47H80O15/c1-23-20-24(2)46(10,49)60-40(23)35-15-14-33(55-35)34-16-18-38(56-34)45(9)43(53-13)29(7)47(62-45)28(6)37(52-12)22-31(59-47)21-36-25(3)41(26(4)42(57-36)27(5)44(48)61-50)58-39-19-17-32(51-11)30(8)54-39/h23-43,49-50H,14-22H2,1-13H3/t23-,24+,25+,26+,27+,28+,29+,30+,31+,32-,33+,34?,35+,36-,37+,38?,39+,40?,41+,42-,43+,45+,46-,47?/m0/s1. The van der Waals surface area contributed by atoms with Gasteiger partial charge in [0.25, 0.3) is 0 Å². The number of ether oxygens (including phenoxy) is 11. The summed E-state index contributed by atoms with van der Waals surface area (Å²) < 4.78 is 72.8. The van der Waals surface area contributed by atoms with Gasteiger partial charge in [0.1, 0.15) is 5.60 Å². The molecular formula is C47H80O15. The van der Waals surface area contributed by atoms with E-state index in [2.05, 4.69) is 39.5 Å². The van der Waals surface area contributed by atoms with E-state index in [0.717, 1.165) is 38.5 Å². The van der Waals surface area contributed by atoms with Gasteiger partial charge in [0.05, 0.1) is 85.3 Å². The monoisotopic (exact) mass is 885 g/mol. The van der Waals surface area contributed by atoms with Crippen molar-refractivity contribution in [1.82, 2.24) is 0 Å². The zero-order chi connectivity index (χ0) is 45.1. The molecule has 1 spiro atoms. The maximum atomic E-state index is 12.8. The number of aliphatic hydroxyl groups is 1. The van der Waals surface area contributed by atoms with Crippen LogP contribution in [-0.4, -0.2) is 140 Å². The van der Waals surface area contributed by atoms with E-state index in [1.165, 1.54) is 0 Å². The summed E-state index contributed by atoms with van der Waals surface area (Å²) in [5.74, 6) is -4.11. The van der Waals surface area contributed by atoms with Crippen molar-refractivity contribution in [2.45, 2.75) is 230 Å². The molecule has 2 N–H and O–H groups in total. The number of rotatable bonds is 12. The molecule has 15 nitrogen and oxygen atoms in total. The molecule has 0 aliphatic carbocycles. The molecule has 0 bridgehead atoms. The predicted molar refractivity (Wildman–Crippen MR) is 225 cm³/mol. The third-order valence-electron chi connectivity index (χ3n) is 16.9. The summed E-state index contributed by atoms with van der Waals surface area (Å²) in [6.07, 6.45) is 3.29. The largest absolute Gasteiger partial charge is 0.381 e. The summed E-state index contributed by atoms with van der Waals surface area (Å²) in [6, 6.07) is 0. The number of hydrogen-bond donors (Lipinski definition) is 2. The van der Waals surface area contributed by atoms with Crippen molar-refractivity contribution in [1.29, 1.82) is 0 Å². The highest BCUT2D eigenvalue weighted by Crippen LogP contribution is 2.57. The number of methoxy groups -OCH3 is 3. The Balaban J connectivity index is 1.07. The van der Waals surface area contributed by atoms with E-state index in [0.29, 0.717) is 19.3 Å². The van der Waals surface area contributed by atoms with Crippen molar-refractivity contribution in [2.75, 3.05) is 21.3 Å². The molecule has 15 heteroatoms. The normalized spacial score (nSPS) is 53.0. The Hall–Kier alpha value is -1.05. The van der Waals surface area contributed by atoms with Crippen molar-refractivity contribution >= 4 is 5.97 Å². The molecule has 7 saturated heterocycles. The first kappa shape index (κ1) is 48.9. The van der Waals surface area contributed by atoms with Crippen LogP contribution in [0.3, 0.4) is 0 Å². The molecule has 7 aliphatic heterocycles. The molecule has 358 valence electrons. The minimum absolute atomic E-state index is 0.00297. The van der Waals surface area contributed by atoms with Crippen LogP contribution in [0.4, 0.5) is 0 Å². The third kappa shape index (κ3) is 9.04. The lowest BCUT2D eigenvalue weighted by atomic mass is 9.75. The van der Waals surface area contributed by atoms with Crippen molar-refractivity contribution in [2.24, 2.45) is 41.4 Å².